The second-order valence-electron chi connectivity index (χ2n) is 5.34. The first-order valence-electron chi connectivity index (χ1n) is 6.42. The van der Waals surface area contributed by atoms with Gasteiger partial charge in [-0.2, -0.15) is 4.58 Å². The summed E-state index contributed by atoms with van der Waals surface area (Å²) in [6.07, 6.45) is 3.76. The maximum atomic E-state index is 2.57. The molecule has 3 rings (SSSR count). The summed E-state index contributed by atoms with van der Waals surface area (Å²) in [5.74, 6) is 0. The average molecular weight is 214 g/mol. The Morgan fingerprint density at radius 3 is 2.94 bits per heavy atom. The summed E-state index contributed by atoms with van der Waals surface area (Å²) in [6.45, 7) is 8.24. The number of benzene rings is 1. The van der Waals surface area contributed by atoms with E-state index in [4.69, 9.17) is 0 Å². The molecule has 1 aromatic rings. The van der Waals surface area contributed by atoms with E-state index in [1.165, 1.54) is 31.5 Å². The fourth-order valence-corrected chi connectivity index (χ4v) is 3.37. The summed E-state index contributed by atoms with van der Waals surface area (Å²) in [4.78, 5) is 0. The normalized spacial score (nSPS) is 27.2. The zero-order valence-corrected chi connectivity index (χ0v) is 10.5. The van der Waals surface area contributed by atoms with Gasteiger partial charge in [-0.3, -0.25) is 0 Å². The molecule has 1 unspecified atom stereocenters. The highest BCUT2D eigenvalue weighted by Crippen LogP contribution is 2.45. The number of para-hydroxylation sites is 1. The lowest BCUT2D eigenvalue weighted by atomic mass is 9.77. The number of rotatable bonds is 1. The Kier molecular flexibility index (Phi) is 2.01. The Hall–Kier alpha value is -1.11. The predicted molar refractivity (Wildman–Crippen MR) is 67.9 cm³/mol. The van der Waals surface area contributed by atoms with E-state index in [0.717, 1.165) is 0 Å². The Labute approximate surface area is 97.8 Å². The molecule has 2 aliphatic rings. The van der Waals surface area contributed by atoms with Gasteiger partial charge in [0.25, 0.3) is 0 Å². The molecule has 0 radical (unpaired) electrons. The topological polar surface area (TPSA) is 3.01 Å². The molecule has 16 heavy (non-hydrogen) atoms. The van der Waals surface area contributed by atoms with Gasteiger partial charge >= 0.3 is 0 Å². The highest BCUT2D eigenvalue weighted by molar-refractivity contribution is 5.94. The second kappa shape index (κ2) is 3.19. The van der Waals surface area contributed by atoms with Crippen molar-refractivity contribution in [3.63, 3.8) is 0 Å². The fraction of sp³-hybridized carbons (Fsp3) is 0.533. The Morgan fingerprint density at radius 1 is 1.38 bits per heavy atom. The third-order valence-corrected chi connectivity index (χ3v) is 4.72. The van der Waals surface area contributed by atoms with E-state index in [2.05, 4.69) is 43.5 Å². The third kappa shape index (κ3) is 1.04. The van der Waals surface area contributed by atoms with Crippen LogP contribution in [0.1, 0.15) is 44.7 Å². The first-order valence-corrected chi connectivity index (χ1v) is 6.42. The molecule has 2 heterocycles. The quantitative estimate of drug-likeness (QED) is 0.630. The smallest absolute Gasteiger partial charge is 0.199 e. The van der Waals surface area contributed by atoms with Gasteiger partial charge < -0.3 is 0 Å². The molecule has 0 bridgehead atoms. The van der Waals surface area contributed by atoms with E-state index in [1.54, 1.807) is 16.8 Å². The van der Waals surface area contributed by atoms with Crippen LogP contribution < -0.4 is 0 Å². The van der Waals surface area contributed by atoms with E-state index in [1.807, 2.05) is 0 Å². The van der Waals surface area contributed by atoms with E-state index in [9.17, 15) is 0 Å². The van der Waals surface area contributed by atoms with Crippen molar-refractivity contribution in [3.05, 3.63) is 29.3 Å². The van der Waals surface area contributed by atoms with Gasteiger partial charge in [0, 0.05) is 24.5 Å². The SMILES string of the molecule is CCC1(C)C(C)=[N+]2CCCc3cccc1c32. The molecule has 0 saturated carbocycles. The van der Waals surface area contributed by atoms with Gasteiger partial charge in [-0.1, -0.05) is 25.1 Å². The molecule has 0 N–H and O–H groups in total. The minimum absolute atomic E-state index is 0.273. The van der Waals surface area contributed by atoms with Crippen LogP contribution >= 0.6 is 0 Å². The molecule has 2 aliphatic heterocycles. The Bertz CT molecular complexity index is 484. The second-order valence-corrected chi connectivity index (χ2v) is 5.34. The molecule has 0 aliphatic carbocycles. The lowest BCUT2D eigenvalue weighted by Gasteiger charge is -2.19. The van der Waals surface area contributed by atoms with E-state index >= 15 is 0 Å². The first kappa shape index (κ1) is 10.1. The number of hydrogen-bond acceptors (Lipinski definition) is 0. The van der Waals surface area contributed by atoms with E-state index < -0.39 is 0 Å². The molecule has 0 fully saturated rings. The Morgan fingerprint density at radius 2 is 2.19 bits per heavy atom. The maximum Gasteiger partial charge on any atom is 0.212 e. The summed E-state index contributed by atoms with van der Waals surface area (Å²) in [6, 6.07) is 6.88. The van der Waals surface area contributed by atoms with Crippen LogP contribution in [0.5, 0.6) is 0 Å². The standard InChI is InChI=1S/C15H20N/c1-4-15(3)11(2)16-10-6-8-12-7-5-9-13(15)14(12)16/h5,7,9H,4,6,8,10H2,1-3H3/q+1. The largest absolute Gasteiger partial charge is 0.212 e. The molecule has 0 saturated heterocycles. The minimum atomic E-state index is 0.273. The summed E-state index contributed by atoms with van der Waals surface area (Å²) in [5.41, 5.74) is 6.48. The lowest BCUT2D eigenvalue weighted by Crippen LogP contribution is -2.29. The van der Waals surface area contributed by atoms with Crippen LogP contribution in [-0.2, 0) is 11.8 Å². The summed E-state index contributed by atoms with van der Waals surface area (Å²) in [7, 11) is 0. The predicted octanol–water partition coefficient (Wildman–Crippen LogP) is 3.42. The van der Waals surface area contributed by atoms with Crippen LogP contribution in [0.4, 0.5) is 5.69 Å². The van der Waals surface area contributed by atoms with E-state index in [0.29, 0.717) is 0 Å². The van der Waals surface area contributed by atoms with Crippen molar-refractivity contribution in [2.45, 2.75) is 45.4 Å². The summed E-state index contributed by atoms with van der Waals surface area (Å²) < 4.78 is 2.57. The average Bonchev–Trinajstić information content (AvgIpc) is 2.55. The zero-order valence-electron chi connectivity index (χ0n) is 10.5. The van der Waals surface area contributed by atoms with Crippen LogP contribution in [0.25, 0.3) is 0 Å². The minimum Gasteiger partial charge on any atom is -0.199 e. The fourth-order valence-electron chi connectivity index (χ4n) is 3.37. The monoisotopic (exact) mass is 214 g/mol. The molecular formula is C15H20N+. The van der Waals surface area contributed by atoms with E-state index in [-0.39, 0.29) is 5.41 Å². The van der Waals surface area contributed by atoms with Crippen LogP contribution in [0.3, 0.4) is 0 Å². The zero-order chi connectivity index (χ0) is 11.3. The van der Waals surface area contributed by atoms with Gasteiger partial charge in [0.15, 0.2) is 5.71 Å². The molecule has 0 amide bonds. The molecule has 0 spiro atoms. The van der Waals surface area contributed by atoms with Crippen LogP contribution in [0.15, 0.2) is 18.2 Å². The number of hydrogen-bond donors (Lipinski definition) is 0. The molecular weight excluding hydrogens is 194 g/mol. The van der Waals surface area contributed by atoms with Crippen molar-refractivity contribution < 1.29 is 4.58 Å². The van der Waals surface area contributed by atoms with Gasteiger partial charge in [-0.25, -0.2) is 0 Å². The molecule has 1 aromatic carbocycles. The summed E-state index contributed by atoms with van der Waals surface area (Å²) in [5, 5.41) is 0. The number of aryl methyl sites for hydroxylation is 1. The number of nitrogens with zero attached hydrogens (tertiary/aromatic N) is 1. The van der Waals surface area contributed by atoms with Crippen molar-refractivity contribution in [2.75, 3.05) is 6.54 Å². The van der Waals surface area contributed by atoms with Crippen LogP contribution in [0.2, 0.25) is 0 Å². The van der Waals surface area contributed by atoms with Gasteiger partial charge in [0.05, 0.1) is 5.41 Å². The molecule has 1 heteroatoms. The molecule has 1 atom stereocenters. The van der Waals surface area contributed by atoms with Crippen molar-refractivity contribution in [1.29, 1.82) is 0 Å². The van der Waals surface area contributed by atoms with Crippen molar-refractivity contribution in [1.82, 2.24) is 0 Å². The van der Waals surface area contributed by atoms with Crippen molar-refractivity contribution >= 4 is 11.4 Å². The van der Waals surface area contributed by atoms with Gasteiger partial charge in [-0.15, -0.1) is 0 Å². The maximum absolute atomic E-state index is 2.57. The lowest BCUT2D eigenvalue weighted by molar-refractivity contribution is -0.444. The van der Waals surface area contributed by atoms with Crippen molar-refractivity contribution in [3.8, 4) is 0 Å². The van der Waals surface area contributed by atoms with Gasteiger partial charge in [0.1, 0.15) is 6.54 Å². The molecule has 84 valence electrons. The van der Waals surface area contributed by atoms with Gasteiger partial charge in [-0.05, 0) is 19.8 Å². The highest BCUT2D eigenvalue weighted by Gasteiger charge is 2.47. The van der Waals surface area contributed by atoms with Crippen LogP contribution in [0, 0.1) is 0 Å². The van der Waals surface area contributed by atoms with Crippen molar-refractivity contribution in [2.24, 2.45) is 0 Å². The van der Waals surface area contributed by atoms with Gasteiger partial charge in [0.2, 0.25) is 5.69 Å². The molecule has 1 nitrogen and oxygen atoms in total. The van der Waals surface area contributed by atoms with Crippen LogP contribution in [-0.4, -0.2) is 16.8 Å². The highest BCUT2D eigenvalue weighted by atomic mass is 15.1. The Balaban J connectivity index is 2.34. The first-order chi connectivity index (χ1) is 7.68. The third-order valence-electron chi connectivity index (χ3n) is 4.72. The molecule has 0 aromatic heterocycles. The summed E-state index contributed by atoms with van der Waals surface area (Å²) >= 11 is 0.